The molecular formula is C14H14ClF2N3O. The number of benzene rings is 1. The Morgan fingerprint density at radius 1 is 1.38 bits per heavy atom. The first-order chi connectivity index (χ1) is 10.1. The topological polar surface area (TPSA) is 56.9 Å². The zero-order valence-corrected chi connectivity index (χ0v) is 11.9. The standard InChI is InChI=1S/C14H14ClF2N3O/c15-9-3-8-4-10(20-13(8)12(17)11(9)16)14(21)19-6-7-1-2-18-5-7/h3-4,7,18,20H,1-2,5-6H2,(H,19,21)/t7-/m0/s1. The molecule has 0 aliphatic carbocycles. The van der Waals surface area contributed by atoms with E-state index in [1.807, 2.05) is 0 Å². The molecule has 1 fully saturated rings. The van der Waals surface area contributed by atoms with Crippen LogP contribution in [-0.2, 0) is 0 Å². The molecule has 3 rings (SSSR count). The number of carbonyl (C=O) groups is 1. The fourth-order valence-electron chi connectivity index (χ4n) is 2.52. The van der Waals surface area contributed by atoms with Gasteiger partial charge in [-0.05, 0) is 37.6 Å². The highest BCUT2D eigenvalue weighted by Gasteiger charge is 2.19. The summed E-state index contributed by atoms with van der Waals surface area (Å²) in [6.07, 6.45) is 1.02. The van der Waals surface area contributed by atoms with Crippen molar-refractivity contribution < 1.29 is 13.6 Å². The highest BCUT2D eigenvalue weighted by atomic mass is 35.5. The lowest BCUT2D eigenvalue weighted by atomic mass is 10.1. The van der Waals surface area contributed by atoms with Crippen molar-refractivity contribution in [2.75, 3.05) is 19.6 Å². The molecule has 2 aromatic rings. The zero-order valence-electron chi connectivity index (χ0n) is 11.1. The van der Waals surface area contributed by atoms with E-state index in [2.05, 4.69) is 15.6 Å². The van der Waals surface area contributed by atoms with E-state index in [9.17, 15) is 13.6 Å². The van der Waals surface area contributed by atoms with Crippen LogP contribution in [0.3, 0.4) is 0 Å². The van der Waals surface area contributed by atoms with Gasteiger partial charge in [-0.25, -0.2) is 8.78 Å². The number of rotatable bonds is 3. The van der Waals surface area contributed by atoms with Crippen molar-refractivity contribution in [3.63, 3.8) is 0 Å². The second-order valence-electron chi connectivity index (χ2n) is 5.20. The smallest absolute Gasteiger partial charge is 0.267 e. The normalized spacial score (nSPS) is 18.3. The number of amides is 1. The van der Waals surface area contributed by atoms with Crippen molar-refractivity contribution in [2.24, 2.45) is 5.92 Å². The molecule has 0 saturated carbocycles. The second kappa shape index (κ2) is 5.61. The van der Waals surface area contributed by atoms with E-state index in [0.717, 1.165) is 19.5 Å². The summed E-state index contributed by atoms with van der Waals surface area (Å²) >= 11 is 5.59. The first-order valence-electron chi connectivity index (χ1n) is 6.71. The predicted octanol–water partition coefficient (Wildman–Crippen LogP) is 2.44. The van der Waals surface area contributed by atoms with E-state index in [-0.39, 0.29) is 22.1 Å². The SMILES string of the molecule is O=C(NC[C@H]1CCNC1)c1cc2cc(Cl)c(F)c(F)c2[nH]1. The zero-order chi connectivity index (χ0) is 15.0. The Labute approximate surface area is 124 Å². The van der Waals surface area contributed by atoms with Crippen molar-refractivity contribution in [1.82, 2.24) is 15.6 Å². The predicted molar refractivity (Wildman–Crippen MR) is 76.5 cm³/mol. The Bertz CT molecular complexity index is 695. The third kappa shape index (κ3) is 2.73. The second-order valence-corrected chi connectivity index (χ2v) is 5.61. The largest absolute Gasteiger partial charge is 0.350 e. The fraction of sp³-hybridized carbons (Fsp3) is 0.357. The molecule has 1 aliphatic rings. The third-order valence-corrected chi connectivity index (χ3v) is 3.99. The average Bonchev–Trinajstić information content (AvgIpc) is 3.11. The van der Waals surface area contributed by atoms with Gasteiger partial charge in [0, 0.05) is 11.9 Å². The fourth-order valence-corrected chi connectivity index (χ4v) is 2.72. The summed E-state index contributed by atoms with van der Waals surface area (Å²) in [5, 5.41) is 6.07. The van der Waals surface area contributed by atoms with Gasteiger partial charge in [0.05, 0.1) is 10.5 Å². The minimum absolute atomic E-state index is 0.0513. The van der Waals surface area contributed by atoms with Crippen LogP contribution in [0.4, 0.5) is 8.78 Å². The molecule has 2 heterocycles. The van der Waals surface area contributed by atoms with Gasteiger partial charge in [0.1, 0.15) is 5.69 Å². The molecule has 1 saturated heterocycles. The van der Waals surface area contributed by atoms with E-state index in [1.54, 1.807) is 0 Å². The Hall–Kier alpha value is -1.66. The van der Waals surface area contributed by atoms with Crippen LogP contribution < -0.4 is 10.6 Å². The van der Waals surface area contributed by atoms with Crippen molar-refractivity contribution in [3.05, 3.63) is 34.5 Å². The Kier molecular flexibility index (Phi) is 3.82. The number of aromatic nitrogens is 1. The van der Waals surface area contributed by atoms with Gasteiger partial charge in [0.15, 0.2) is 11.6 Å². The maximum absolute atomic E-state index is 13.7. The molecule has 0 unspecified atom stereocenters. The number of aromatic amines is 1. The van der Waals surface area contributed by atoms with Crippen LogP contribution in [-0.4, -0.2) is 30.5 Å². The van der Waals surface area contributed by atoms with Gasteiger partial charge in [-0.1, -0.05) is 11.6 Å². The molecule has 7 heteroatoms. The lowest BCUT2D eigenvalue weighted by molar-refractivity contribution is 0.0944. The summed E-state index contributed by atoms with van der Waals surface area (Å²) in [5.74, 6) is -2.12. The maximum Gasteiger partial charge on any atom is 0.267 e. The van der Waals surface area contributed by atoms with Crippen LogP contribution >= 0.6 is 11.6 Å². The summed E-state index contributed by atoms with van der Waals surface area (Å²) in [6.45, 7) is 2.39. The molecule has 1 atom stereocenters. The van der Waals surface area contributed by atoms with Crippen molar-refractivity contribution in [3.8, 4) is 0 Å². The molecule has 0 bridgehead atoms. The van der Waals surface area contributed by atoms with Crippen LogP contribution in [0.1, 0.15) is 16.9 Å². The van der Waals surface area contributed by atoms with Crippen molar-refractivity contribution >= 4 is 28.4 Å². The lowest BCUT2D eigenvalue weighted by Crippen LogP contribution is -2.30. The van der Waals surface area contributed by atoms with E-state index in [0.29, 0.717) is 17.8 Å². The van der Waals surface area contributed by atoms with Crippen LogP contribution in [0.25, 0.3) is 10.9 Å². The Balaban J connectivity index is 1.80. The molecule has 0 spiro atoms. The molecule has 0 radical (unpaired) electrons. The number of hydrogen-bond donors (Lipinski definition) is 3. The molecule has 3 N–H and O–H groups in total. The molecule has 1 aromatic heterocycles. The monoisotopic (exact) mass is 313 g/mol. The average molecular weight is 314 g/mol. The summed E-state index contributed by atoms with van der Waals surface area (Å²) in [4.78, 5) is 14.6. The Morgan fingerprint density at radius 2 is 2.19 bits per heavy atom. The number of H-pyrrole nitrogens is 1. The number of fused-ring (bicyclic) bond motifs is 1. The summed E-state index contributed by atoms with van der Waals surface area (Å²) in [5.41, 5.74) is 0.140. The van der Waals surface area contributed by atoms with Gasteiger partial charge in [-0.2, -0.15) is 0 Å². The maximum atomic E-state index is 13.7. The summed E-state index contributed by atoms with van der Waals surface area (Å²) in [6, 6.07) is 2.76. The van der Waals surface area contributed by atoms with Gasteiger partial charge in [-0.3, -0.25) is 4.79 Å². The molecule has 112 valence electrons. The first kappa shape index (κ1) is 14.3. The molecular weight excluding hydrogens is 300 g/mol. The molecule has 4 nitrogen and oxygen atoms in total. The molecule has 1 aliphatic heterocycles. The van der Waals surface area contributed by atoms with E-state index in [4.69, 9.17) is 11.6 Å². The third-order valence-electron chi connectivity index (χ3n) is 3.71. The van der Waals surface area contributed by atoms with Gasteiger partial charge in [-0.15, -0.1) is 0 Å². The number of halogens is 3. The highest BCUT2D eigenvalue weighted by molar-refractivity contribution is 6.31. The quantitative estimate of drug-likeness (QED) is 0.762. The summed E-state index contributed by atoms with van der Waals surface area (Å²) in [7, 11) is 0. The van der Waals surface area contributed by atoms with Gasteiger partial charge in [0.25, 0.3) is 5.91 Å². The van der Waals surface area contributed by atoms with Crippen LogP contribution in [0.2, 0.25) is 5.02 Å². The van der Waals surface area contributed by atoms with Crippen LogP contribution in [0.15, 0.2) is 12.1 Å². The minimum atomic E-state index is -1.12. The number of carbonyl (C=O) groups excluding carboxylic acids is 1. The van der Waals surface area contributed by atoms with Crippen LogP contribution in [0.5, 0.6) is 0 Å². The lowest BCUT2D eigenvalue weighted by Gasteiger charge is -2.08. The van der Waals surface area contributed by atoms with E-state index in [1.165, 1.54) is 12.1 Å². The van der Waals surface area contributed by atoms with E-state index < -0.39 is 11.6 Å². The molecule has 1 amide bonds. The van der Waals surface area contributed by atoms with Gasteiger partial charge in [0.2, 0.25) is 0 Å². The van der Waals surface area contributed by atoms with E-state index >= 15 is 0 Å². The minimum Gasteiger partial charge on any atom is -0.350 e. The van der Waals surface area contributed by atoms with Crippen LogP contribution in [0, 0.1) is 17.6 Å². The molecule has 1 aromatic carbocycles. The summed E-state index contributed by atoms with van der Waals surface area (Å²) < 4.78 is 27.1. The molecule has 21 heavy (non-hydrogen) atoms. The van der Waals surface area contributed by atoms with Gasteiger partial charge < -0.3 is 15.6 Å². The Morgan fingerprint density at radius 3 is 2.90 bits per heavy atom. The van der Waals surface area contributed by atoms with Crippen molar-refractivity contribution in [2.45, 2.75) is 6.42 Å². The number of hydrogen-bond acceptors (Lipinski definition) is 2. The van der Waals surface area contributed by atoms with Crippen molar-refractivity contribution in [1.29, 1.82) is 0 Å². The van der Waals surface area contributed by atoms with Gasteiger partial charge >= 0.3 is 0 Å². The first-order valence-corrected chi connectivity index (χ1v) is 7.09. The highest BCUT2D eigenvalue weighted by Crippen LogP contribution is 2.27. The number of nitrogens with one attached hydrogen (secondary N) is 3.